The molecule has 1 aliphatic heterocycles. The van der Waals surface area contributed by atoms with Crippen molar-refractivity contribution < 1.29 is 18.7 Å². The van der Waals surface area contributed by atoms with Crippen molar-refractivity contribution in [2.75, 3.05) is 7.11 Å². The largest absolute Gasteiger partial charge is 0.465 e. The summed E-state index contributed by atoms with van der Waals surface area (Å²) < 4.78 is 10.4. The second-order valence-electron chi connectivity index (χ2n) is 4.74. The molecule has 1 aliphatic rings. The highest BCUT2D eigenvalue weighted by atomic mass is 32.1. The molecule has 0 aliphatic carbocycles. The first-order valence-electron chi connectivity index (χ1n) is 6.69. The lowest BCUT2D eigenvalue weighted by atomic mass is 10.1. The summed E-state index contributed by atoms with van der Waals surface area (Å²) in [6.07, 6.45) is 1.56. The molecule has 0 radical (unpaired) electrons. The molecule has 2 heterocycles. The number of methoxy groups -OCH3 is 1. The van der Waals surface area contributed by atoms with Gasteiger partial charge in [-0.25, -0.2) is 4.79 Å². The van der Waals surface area contributed by atoms with E-state index in [4.69, 9.17) is 21.4 Å². The van der Waals surface area contributed by atoms with Crippen molar-refractivity contribution >= 4 is 35.3 Å². The second kappa shape index (κ2) is 6.05. The highest BCUT2D eigenvalue weighted by molar-refractivity contribution is 7.80. The molecule has 1 saturated heterocycles. The van der Waals surface area contributed by atoms with Crippen molar-refractivity contribution in [2.45, 2.75) is 0 Å². The molecule has 2 N–H and O–H groups in total. The van der Waals surface area contributed by atoms with E-state index in [1.807, 2.05) is 6.07 Å². The van der Waals surface area contributed by atoms with Gasteiger partial charge in [-0.2, -0.15) is 0 Å². The molecule has 0 unspecified atom stereocenters. The van der Waals surface area contributed by atoms with E-state index in [2.05, 4.69) is 10.6 Å². The number of hydrogen-bond acceptors (Lipinski definition) is 5. The molecule has 1 aromatic heterocycles. The molecule has 7 heteroatoms. The minimum Gasteiger partial charge on any atom is -0.465 e. The number of carbonyl (C=O) groups is 2. The van der Waals surface area contributed by atoms with Gasteiger partial charge >= 0.3 is 5.97 Å². The van der Waals surface area contributed by atoms with Crippen LogP contribution >= 0.6 is 12.2 Å². The van der Waals surface area contributed by atoms with Gasteiger partial charge in [0, 0.05) is 11.6 Å². The molecule has 1 amide bonds. The fourth-order valence-corrected chi connectivity index (χ4v) is 2.33. The summed E-state index contributed by atoms with van der Waals surface area (Å²) in [4.78, 5) is 23.2. The summed E-state index contributed by atoms with van der Waals surface area (Å²) in [5, 5.41) is 5.48. The van der Waals surface area contributed by atoms with Crippen molar-refractivity contribution in [3.05, 3.63) is 53.4 Å². The molecule has 6 nitrogen and oxygen atoms in total. The van der Waals surface area contributed by atoms with E-state index in [9.17, 15) is 9.59 Å². The number of carbonyl (C=O) groups excluding carboxylic acids is 2. The number of furan rings is 1. The van der Waals surface area contributed by atoms with Crippen LogP contribution in [0.2, 0.25) is 0 Å². The van der Waals surface area contributed by atoms with Crippen LogP contribution in [0.25, 0.3) is 17.4 Å². The van der Waals surface area contributed by atoms with Gasteiger partial charge in [0.15, 0.2) is 5.11 Å². The fourth-order valence-electron chi connectivity index (χ4n) is 2.13. The van der Waals surface area contributed by atoms with Gasteiger partial charge < -0.3 is 14.5 Å². The molecule has 0 spiro atoms. The van der Waals surface area contributed by atoms with Crippen molar-refractivity contribution in [3.8, 4) is 11.3 Å². The van der Waals surface area contributed by atoms with Crippen LogP contribution in [0.4, 0.5) is 0 Å². The molecule has 0 saturated carbocycles. The van der Waals surface area contributed by atoms with Crippen LogP contribution in [0.15, 0.2) is 46.5 Å². The van der Waals surface area contributed by atoms with Gasteiger partial charge in [0.1, 0.15) is 17.2 Å². The molecule has 3 rings (SSSR count). The summed E-state index contributed by atoms with van der Waals surface area (Å²) in [5.74, 6) is 0.344. The van der Waals surface area contributed by atoms with Gasteiger partial charge in [0.05, 0.1) is 12.7 Å². The Morgan fingerprint density at radius 2 is 2.09 bits per heavy atom. The Balaban J connectivity index is 1.88. The van der Waals surface area contributed by atoms with Crippen molar-refractivity contribution in [1.82, 2.24) is 10.6 Å². The lowest BCUT2D eigenvalue weighted by Crippen LogP contribution is -2.21. The molecule has 0 bridgehead atoms. The number of esters is 1. The standard InChI is InChI=1S/C16H12N2O4S/c1-21-15(20)10-4-2-3-9(7-10)13-6-5-11(22-13)8-12-14(19)18-16(23)17-12/h2-8H,1H3,(H2,17,18,19,23). The average Bonchev–Trinajstić information content (AvgIpc) is 3.14. The minimum absolute atomic E-state index is 0.263. The van der Waals surface area contributed by atoms with Crippen LogP contribution in [-0.2, 0) is 9.53 Å². The molecule has 23 heavy (non-hydrogen) atoms. The normalized spacial score (nSPS) is 15.4. The van der Waals surface area contributed by atoms with E-state index >= 15 is 0 Å². The van der Waals surface area contributed by atoms with Crippen LogP contribution in [0.5, 0.6) is 0 Å². The van der Waals surface area contributed by atoms with E-state index in [0.29, 0.717) is 22.8 Å². The first kappa shape index (κ1) is 15.0. The van der Waals surface area contributed by atoms with Crippen LogP contribution in [0, 0.1) is 0 Å². The monoisotopic (exact) mass is 328 g/mol. The van der Waals surface area contributed by atoms with Gasteiger partial charge in [-0.1, -0.05) is 12.1 Å². The Kier molecular flexibility index (Phi) is 3.94. The molecule has 0 atom stereocenters. The average molecular weight is 328 g/mol. The van der Waals surface area contributed by atoms with E-state index in [0.717, 1.165) is 5.56 Å². The number of ether oxygens (including phenoxy) is 1. The number of thiocarbonyl (C=S) groups is 1. The Labute approximate surface area is 137 Å². The summed E-state index contributed by atoms with van der Waals surface area (Å²) in [6.45, 7) is 0. The number of nitrogens with one attached hydrogen (secondary N) is 2. The molecule has 2 aromatic rings. The third-order valence-corrected chi connectivity index (χ3v) is 3.41. The maximum atomic E-state index is 11.6. The lowest BCUT2D eigenvalue weighted by Gasteiger charge is -2.01. The van der Waals surface area contributed by atoms with Gasteiger partial charge in [-0.15, -0.1) is 0 Å². The first-order chi connectivity index (χ1) is 11.1. The highest BCUT2D eigenvalue weighted by Crippen LogP contribution is 2.24. The third kappa shape index (κ3) is 3.14. The van der Waals surface area contributed by atoms with E-state index in [-0.39, 0.29) is 11.0 Å². The number of rotatable bonds is 3. The molecule has 1 aromatic carbocycles. The maximum absolute atomic E-state index is 11.6. The quantitative estimate of drug-likeness (QED) is 0.510. The number of benzene rings is 1. The summed E-state index contributed by atoms with van der Waals surface area (Å²) in [7, 11) is 1.33. The van der Waals surface area contributed by atoms with Gasteiger partial charge in [0.2, 0.25) is 0 Å². The number of hydrogen-bond donors (Lipinski definition) is 2. The Bertz CT molecular complexity index is 838. The maximum Gasteiger partial charge on any atom is 0.337 e. The Morgan fingerprint density at radius 3 is 2.78 bits per heavy atom. The van der Waals surface area contributed by atoms with Crippen molar-refractivity contribution in [2.24, 2.45) is 0 Å². The third-order valence-electron chi connectivity index (χ3n) is 3.20. The number of amides is 1. The van der Waals surface area contributed by atoms with Crippen LogP contribution in [0.1, 0.15) is 16.1 Å². The zero-order chi connectivity index (χ0) is 16.4. The van der Waals surface area contributed by atoms with Crippen molar-refractivity contribution in [3.63, 3.8) is 0 Å². The predicted octanol–water partition coefficient (Wildman–Crippen LogP) is 2.08. The first-order valence-corrected chi connectivity index (χ1v) is 7.10. The zero-order valence-corrected chi connectivity index (χ0v) is 12.9. The van der Waals surface area contributed by atoms with E-state index in [1.54, 1.807) is 36.4 Å². The molecule has 1 fully saturated rings. The Morgan fingerprint density at radius 1 is 1.26 bits per heavy atom. The minimum atomic E-state index is -0.416. The van der Waals surface area contributed by atoms with Crippen LogP contribution in [0.3, 0.4) is 0 Å². The molecular weight excluding hydrogens is 316 g/mol. The topological polar surface area (TPSA) is 80.6 Å². The fraction of sp³-hybridized carbons (Fsp3) is 0.0625. The lowest BCUT2D eigenvalue weighted by molar-refractivity contribution is -0.115. The second-order valence-corrected chi connectivity index (χ2v) is 5.15. The predicted molar refractivity (Wildman–Crippen MR) is 87.3 cm³/mol. The van der Waals surface area contributed by atoms with Gasteiger partial charge in [-0.3, -0.25) is 10.1 Å². The summed E-state index contributed by atoms with van der Waals surface area (Å²) >= 11 is 4.86. The van der Waals surface area contributed by atoms with E-state index in [1.165, 1.54) is 7.11 Å². The smallest absolute Gasteiger partial charge is 0.337 e. The van der Waals surface area contributed by atoms with E-state index < -0.39 is 5.97 Å². The van der Waals surface area contributed by atoms with Crippen molar-refractivity contribution in [1.29, 1.82) is 0 Å². The molecular formula is C16H12N2O4S. The molecule has 116 valence electrons. The SMILES string of the molecule is COC(=O)c1cccc(-c2ccc(C=C3NC(=S)NC3=O)o2)c1. The van der Waals surface area contributed by atoms with Gasteiger partial charge in [0.25, 0.3) is 5.91 Å². The highest BCUT2D eigenvalue weighted by Gasteiger charge is 2.20. The summed E-state index contributed by atoms with van der Waals surface area (Å²) in [6, 6.07) is 10.4. The van der Waals surface area contributed by atoms with Crippen LogP contribution in [-0.4, -0.2) is 24.1 Å². The Hall–Kier alpha value is -2.93. The van der Waals surface area contributed by atoms with Gasteiger partial charge in [-0.05, 0) is 36.5 Å². The summed E-state index contributed by atoms with van der Waals surface area (Å²) in [5.41, 5.74) is 1.49. The van der Waals surface area contributed by atoms with Crippen LogP contribution < -0.4 is 10.6 Å². The zero-order valence-electron chi connectivity index (χ0n) is 12.1.